The first kappa shape index (κ1) is 13.7. The normalized spacial score (nSPS) is 16.5. The van der Waals surface area contributed by atoms with E-state index in [4.69, 9.17) is 4.52 Å². The van der Waals surface area contributed by atoms with E-state index in [0.29, 0.717) is 22.7 Å². The second kappa shape index (κ2) is 5.99. The molecule has 1 aromatic heterocycles. The summed E-state index contributed by atoms with van der Waals surface area (Å²) in [5, 5.41) is 7.26. The van der Waals surface area contributed by atoms with Crippen molar-refractivity contribution in [3.8, 4) is 11.4 Å². The second-order valence-electron chi connectivity index (χ2n) is 4.66. The molecular formula is C13H14BrFN4O. The van der Waals surface area contributed by atoms with Crippen molar-refractivity contribution in [1.82, 2.24) is 20.4 Å². The Labute approximate surface area is 124 Å². The fraction of sp³-hybridized carbons (Fsp3) is 0.385. The van der Waals surface area contributed by atoms with Crippen molar-refractivity contribution in [2.75, 3.05) is 26.2 Å². The fourth-order valence-electron chi connectivity index (χ4n) is 2.16. The number of nitrogens with one attached hydrogen (secondary N) is 1. The van der Waals surface area contributed by atoms with Crippen molar-refractivity contribution in [2.24, 2.45) is 0 Å². The topological polar surface area (TPSA) is 54.2 Å². The molecular weight excluding hydrogens is 327 g/mol. The number of nitrogens with zero attached hydrogens (tertiary/aromatic N) is 3. The van der Waals surface area contributed by atoms with Crippen LogP contribution in [0.25, 0.3) is 11.4 Å². The molecule has 0 radical (unpaired) electrons. The summed E-state index contributed by atoms with van der Waals surface area (Å²) in [4.78, 5) is 6.63. The lowest BCUT2D eigenvalue weighted by molar-refractivity contribution is 0.203. The molecule has 0 unspecified atom stereocenters. The Morgan fingerprint density at radius 2 is 2.15 bits per heavy atom. The minimum absolute atomic E-state index is 0.301. The summed E-state index contributed by atoms with van der Waals surface area (Å²) in [6.07, 6.45) is 0. The van der Waals surface area contributed by atoms with Gasteiger partial charge in [0.1, 0.15) is 5.82 Å². The van der Waals surface area contributed by atoms with E-state index in [2.05, 4.69) is 36.3 Å². The quantitative estimate of drug-likeness (QED) is 0.926. The van der Waals surface area contributed by atoms with Crippen LogP contribution in [-0.2, 0) is 6.54 Å². The van der Waals surface area contributed by atoms with E-state index in [1.165, 1.54) is 12.1 Å². The van der Waals surface area contributed by atoms with Crippen LogP contribution < -0.4 is 5.32 Å². The van der Waals surface area contributed by atoms with Gasteiger partial charge in [-0.2, -0.15) is 4.98 Å². The molecule has 7 heteroatoms. The number of aromatic nitrogens is 2. The third-order valence-corrected chi connectivity index (χ3v) is 3.86. The summed E-state index contributed by atoms with van der Waals surface area (Å²) in [5.41, 5.74) is 0.724. The molecule has 0 aliphatic carbocycles. The molecule has 2 heterocycles. The SMILES string of the molecule is Fc1ccc(-c2noc(CN3CCNCC3)n2)c(Br)c1. The van der Waals surface area contributed by atoms with Gasteiger partial charge in [-0.05, 0) is 34.1 Å². The van der Waals surface area contributed by atoms with Crippen LogP contribution in [0.2, 0.25) is 0 Å². The Bertz CT molecular complexity index is 598. The lowest BCUT2D eigenvalue weighted by Crippen LogP contribution is -2.42. The van der Waals surface area contributed by atoms with Crippen LogP contribution in [-0.4, -0.2) is 41.2 Å². The monoisotopic (exact) mass is 340 g/mol. The zero-order valence-corrected chi connectivity index (χ0v) is 12.4. The maximum absolute atomic E-state index is 13.1. The molecule has 20 heavy (non-hydrogen) atoms. The van der Waals surface area contributed by atoms with Gasteiger partial charge in [-0.15, -0.1) is 0 Å². The highest BCUT2D eigenvalue weighted by Gasteiger charge is 2.16. The van der Waals surface area contributed by atoms with Crippen molar-refractivity contribution in [3.05, 3.63) is 34.4 Å². The smallest absolute Gasteiger partial charge is 0.241 e. The number of hydrogen-bond donors (Lipinski definition) is 1. The van der Waals surface area contributed by atoms with Gasteiger partial charge in [-0.25, -0.2) is 4.39 Å². The lowest BCUT2D eigenvalue weighted by Gasteiger charge is -2.25. The predicted molar refractivity (Wildman–Crippen MR) is 75.5 cm³/mol. The Kier molecular flexibility index (Phi) is 4.09. The molecule has 1 N–H and O–H groups in total. The third kappa shape index (κ3) is 3.05. The van der Waals surface area contributed by atoms with E-state index in [0.717, 1.165) is 31.7 Å². The largest absolute Gasteiger partial charge is 0.338 e. The molecule has 1 saturated heterocycles. The van der Waals surface area contributed by atoms with E-state index in [9.17, 15) is 4.39 Å². The number of benzene rings is 1. The summed E-state index contributed by atoms with van der Waals surface area (Å²) in [7, 11) is 0. The number of rotatable bonds is 3. The minimum Gasteiger partial charge on any atom is -0.338 e. The van der Waals surface area contributed by atoms with E-state index >= 15 is 0 Å². The molecule has 2 aromatic rings. The van der Waals surface area contributed by atoms with E-state index < -0.39 is 0 Å². The number of hydrogen-bond acceptors (Lipinski definition) is 5. The minimum atomic E-state index is -0.301. The highest BCUT2D eigenvalue weighted by molar-refractivity contribution is 9.10. The van der Waals surface area contributed by atoms with Gasteiger partial charge in [0.15, 0.2) is 0 Å². The van der Waals surface area contributed by atoms with Gasteiger partial charge in [0, 0.05) is 36.2 Å². The molecule has 0 amide bonds. The first-order valence-corrected chi connectivity index (χ1v) is 7.23. The van der Waals surface area contributed by atoms with Crippen molar-refractivity contribution in [1.29, 1.82) is 0 Å². The summed E-state index contributed by atoms with van der Waals surface area (Å²) < 4.78 is 19.0. The van der Waals surface area contributed by atoms with Crippen molar-refractivity contribution >= 4 is 15.9 Å². The molecule has 0 spiro atoms. The summed E-state index contributed by atoms with van der Waals surface area (Å²) in [6.45, 7) is 4.54. The standard InChI is InChI=1S/C13H14BrFN4O/c14-11-7-9(15)1-2-10(11)13-17-12(20-18-13)8-19-5-3-16-4-6-19/h1-2,7,16H,3-6,8H2. The Morgan fingerprint density at radius 3 is 2.90 bits per heavy atom. The molecule has 1 aromatic carbocycles. The lowest BCUT2D eigenvalue weighted by atomic mass is 10.2. The van der Waals surface area contributed by atoms with Crippen molar-refractivity contribution in [3.63, 3.8) is 0 Å². The van der Waals surface area contributed by atoms with Crippen LogP contribution in [0.1, 0.15) is 5.89 Å². The van der Waals surface area contributed by atoms with Gasteiger partial charge < -0.3 is 9.84 Å². The molecule has 3 rings (SSSR count). The molecule has 5 nitrogen and oxygen atoms in total. The van der Waals surface area contributed by atoms with Gasteiger partial charge in [-0.3, -0.25) is 4.90 Å². The first-order valence-electron chi connectivity index (χ1n) is 6.43. The van der Waals surface area contributed by atoms with Crippen LogP contribution in [0.3, 0.4) is 0 Å². The van der Waals surface area contributed by atoms with E-state index in [1.807, 2.05) is 0 Å². The zero-order chi connectivity index (χ0) is 13.9. The van der Waals surface area contributed by atoms with Crippen LogP contribution in [0.4, 0.5) is 4.39 Å². The zero-order valence-electron chi connectivity index (χ0n) is 10.8. The molecule has 0 atom stereocenters. The van der Waals surface area contributed by atoms with Crippen molar-refractivity contribution in [2.45, 2.75) is 6.54 Å². The van der Waals surface area contributed by atoms with Crippen LogP contribution in [0, 0.1) is 5.82 Å². The van der Waals surface area contributed by atoms with Crippen LogP contribution in [0.5, 0.6) is 0 Å². The van der Waals surface area contributed by atoms with Gasteiger partial charge in [0.25, 0.3) is 0 Å². The Morgan fingerprint density at radius 1 is 1.35 bits per heavy atom. The van der Waals surface area contributed by atoms with Crippen LogP contribution >= 0.6 is 15.9 Å². The van der Waals surface area contributed by atoms with Crippen molar-refractivity contribution < 1.29 is 8.91 Å². The molecule has 0 saturated carbocycles. The van der Waals surface area contributed by atoms with E-state index in [-0.39, 0.29) is 5.82 Å². The Hall–Kier alpha value is -1.31. The second-order valence-corrected chi connectivity index (χ2v) is 5.52. The maximum atomic E-state index is 13.1. The highest BCUT2D eigenvalue weighted by Crippen LogP contribution is 2.26. The van der Waals surface area contributed by atoms with Crippen LogP contribution in [0.15, 0.2) is 27.2 Å². The summed E-state index contributed by atoms with van der Waals surface area (Å²) >= 11 is 3.31. The maximum Gasteiger partial charge on any atom is 0.241 e. The fourth-order valence-corrected chi connectivity index (χ4v) is 2.69. The van der Waals surface area contributed by atoms with Gasteiger partial charge in [-0.1, -0.05) is 5.16 Å². The number of halogens is 2. The molecule has 0 bridgehead atoms. The molecule has 1 aliphatic heterocycles. The molecule has 1 fully saturated rings. The highest BCUT2D eigenvalue weighted by atomic mass is 79.9. The molecule has 1 aliphatic rings. The Balaban J connectivity index is 1.75. The van der Waals surface area contributed by atoms with Gasteiger partial charge in [0.05, 0.1) is 6.54 Å². The summed E-state index contributed by atoms with van der Waals surface area (Å²) in [6, 6.07) is 4.41. The summed E-state index contributed by atoms with van der Waals surface area (Å²) in [5.74, 6) is 0.755. The van der Waals surface area contributed by atoms with Gasteiger partial charge in [0.2, 0.25) is 11.7 Å². The first-order chi connectivity index (χ1) is 9.72. The van der Waals surface area contributed by atoms with Gasteiger partial charge >= 0.3 is 0 Å². The number of piperazine rings is 1. The predicted octanol–water partition coefficient (Wildman–Crippen LogP) is 2.04. The average molecular weight is 341 g/mol. The third-order valence-electron chi connectivity index (χ3n) is 3.21. The average Bonchev–Trinajstić information content (AvgIpc) is 2.88. The molecule has 106 valence electrons. The van der Waals surface area contributed by atoms with E-state index in [1.54, 1.807) is 6.07 Å².